The van der Waals surface area contributed by atoms with Gasteiger partial charge in [0.1, 0.15) is 0 Å². The van der Waals surface area contributed by atoms with E-state index < -0.39 is 22.6 Å². The molecule has 12 heavy (non-hydrogen) atoms. The Bertz CT molecular complexity index is 176. The van der Waals surface area contributed by atoms with Crippen LogP contribution in [0.2, 0.25) is 0 Å². The molecular formula is C5H14O6S. The molecule has 7 heteroatoms. The molecule has 0 heterocycles. The van der Waals surface area contributed by atoms with Crippen molar-refractivity contribution in [3.05, 3.63) is 0 Å². The first-order chi connectivity index (χ1) is 5.18. The van der Waals surface area contributed by atoms with Crippen LogP contribution in [0.25, 0.3) is 0 Å². The van der Waals surface area contributed by atoms with Crippen molar-refractivity contribution in [2.24, 2.45) is 0 Å². The first-order valence-electron chi connectivity index (χ1n) is 3.24. The van der Waals surface area contributed by atoms with E-state index >= 15 is 0 Å². The van der Waals surface area contributed by atoms with Crippen LogP contribution in [-0.4, -0.2) is 39.9 Å². The number of hydrogen-bond acceptors (Lipinski definition) is 4. The Balaban J connectivity index is 0. The second kappa shape index (κ2) is 6.32. The van der Waals surface area contributed by atoms with Crippen LogP contribution in [0, 0.1) is 0 Å². The maximum absolute atomic E-state index is 8.74. The first kappa shape index (κ1) is 14.3. The summed E-state index contributed by atoms with van der Waals surface area (Å²) in [7, 11) is -4.67. The lowest BCUT2D eigenvalue weighted by molar-refractivity contribution is 0.0294. The van der Waals surface area contributed by atoms with Crippen molar-refractivity contribution in [3.8, 4) is 0 Å². The summed E-state index contributed by atoms with van der Waals surface area (Å²) >= 11 is 0. The molecule has 0 aromatic carbocycles. The number of aliphatic hydroxyl groups excluding tert-OH is 2. The predicted octanol–water partition coefficient (Wildman–Crippen LogP) is -0.515. The molecule has 0 bridgehead atoms. The zero-order valence-electron chi connectivity index (χ0n) is 6.88. The Morgan fingerprint density at radius 3 is 1.50 bits per heavy atom. The molecule has 0 aliphatic carbocycles. The molecule has 0 spiro atoms. The van der Waals surface area contributed by atoms with Gasteiger partial charge in [-0.1, -0.05) is 6.92 Å². The molecule has 0 radical (unpaired) electrons. The van der Waals surface area contributed by atoms with Gasteiger partial charge in [-0.3, -0.25) is 9.11 Å². The van der Waals surface area contributed by atoms with Crippen LogP contribution in [0.5, 0.6) is 0 Å². The smallest absolute Gasteiger partial charge is 0.391 e. The highest BCUT2D eigenvalue weighted by Gasteiger charge is 2.05. The average molecular weight is 202 g/mol. The van der Waals surface area contributed by atoms with Crippen LogP contribution in [0.15, 0.2) is 0 Å². The Morgan fingerprint density at radius 2 is 1.50 bits per heavy atom. The molecule has 0 aliphatic rings. The molecule has 0 saturated carbocycles. The van der Waals surface area contributed by atoms with Crippen LogP contribution in [0.4, 0.5) is 0 Å². The van der Waals surface area contributed by atoms with E-state index in [0.717, 1.165) is 0 Å². The molecule has 4 N–H and O–H groups in total. The van der Waals surface area contributed by atoms with Gasteiger partial charge in [-0.15, -0.1) is 0 Å². The summed E-state index contributed by atoms with van der Waals surface area (Å²) in [6.07, 6.45) is -0.498. The van der Waals surface area contributed by atoms with E-state index in [2.05, 4.69) is 0 Å². The highest BCUT2D eigenvalue weighted by Crippen LogP contribution is 1.94. The average Bonchev–Trinajstić information content (AvgIpc) is 1.82. The maximum atomic E-state index is 8.74. The zero-order valence-corrected chi connectivity index (χ0v) is 7.69. The van der Waals surface area contributed by atoms with Gasteiger partial charge in [-0.2, -0.15) is 8.42 Å². The fourth-order valence-electron chi connectivity index (χ4n) is 0.341. The zero-order chi connectivity index (χ0) is 10.4. The number of hydrogen-bond donors (Lipinski definition) is 4. The maximum Gasteiger partial charge on any atom is 0.394 e. The van der Waals surface area contributed by atoms with E-state index in [1.165, 1.54) is 0 Å². The minimum atomic E-state index is -4.67. The van der Waals surface area contributed by atoms with Gasteiger partial charge in [-0.25, -0.2) is 0 Å². The molecule has 6 nitrogen and oxygen atoms in total. The van der Waals surface area contributed by atoms with Crippen LogP contribution in [0.3, 0.4) is 0 Å². The normalized spacial score (nSPS) is 15.8. The summed E-state index contributed by atoms with van der Waals surface area (Å²) in [5.41, 5.74) is 0. The van der Waals surface area contributed by atoms with E-state index in [0.29, 0.717) is 6.42 Å². The highest BCUT2D eigenvalue weighted by molar-refractivity contribution is 7.79. The van der Waals surface area contributed by atoms with E-state index in [-0.39, 0.29) is 0 Å². The number of aliphatic hydroxyl groups is 2. The van der Waals surface area contributed by atoms with E-state index in [4.69, 9.17) is 27.7 Å². The number of rotatable bonds is 2. The second-order valence-corrected chi connectivity index (χ2v) is 3.06. The van der Waals surface area contributed by atoms with Gasteiger partial charge in [-0.05, 0) is 13.3 Å². The van der Waals surface area contributed by atoms with E-state index in [9.17, 15) is 0 Å². The van der Waals surface area contributed by atoms with Crippen molar-refractivity contribution in [3.63, 3.8) is 0 Å². The highest BCUT2D eigenvalue weighted by atomic mass is 32.3. The summed E-state index contributed by atoms with van der Waals surface area (Å²) in [6, 6.07) is 0. The lowest BCUT2D eigenvalue weighted by Gasteiger charge is -2.08. The van der Waals surface area contributed by atoms with Gasteiger partial charge in [0.25, 0.3) is 0 Å². The molecule has 0 amide bonds. The Labute approximate surface area is 71.4 Å². The summed E-state index contributed by atoms with van der Waals surface area (Å²) in [6.45, 7) is 3.41. The fraction of sp³-hybridized carbons (Fsp3) is 1.00. The largest absolute Gasteiger partial charge is 0.394 e. The van der Waals surface area contributed by atoms with Crippen molar-refractivity contribution in [2.45, 2.75) is 32.5 Å². The Kier molecular flexibility index (Phi) is 7.54. The predicted molar refractivity (Wildman–Crippen MR) is 42.2 cm³/mol. The SMILES string of the molecule is CCC(O)C(C)O.O=S(=O)(O)O. The minimum absolute atomic E-state index is 0.542. The molecule has 2 unspecified atom stereocenters. The van der Waals surface area contributed by atoms with Crippen molar-refractivity contribution in [2.75, 3.05) is 0 Å². The van der Waals surface area contributed by atoms with Crippen LogP contribution in [-0.2, 0) is 10.4 Å². The summed E-state index contributed by atoms with van der Waals surface area (Å²) < 4.78 is 31.6. The van der Waals surface area contributed by atoms with Gasteiger partial charge < -0.3 is 10.2 Å². The molecule has 0 fully saturated rings. The second-order valence-electron chi connectivity index (χ2n) is 2.16. The topological polar surface area (TPSA) is 115 Å². The molecule has 0 saturated heterocycles. The molecule has 0 aliphatic heterocycles. The minimum Gasteiger partial charge on any atom is -0.391 e. The van der Waals surface area contributed by atoms with Gasteiger partial charge >= 0.3 is 10.4 Å². The molecule has 0 aromatic heterocycles. The van der Waals surface area contributed by atoms with Gasteiger partial charge in [0.2, 0.25) is 0 Å². The summed E-state index contributed by atoms with van der Waals surface area (Å²) in [5, 5.41) is 17.3. The molecular weight excluding hydrogens is 188 g/mol. The summed E-state index contributed by atoms with van der Waals surface area (Å²) in [4.78, 5) is 0. The lowest BCUT2D eigenvalue weighted by atomic mass is 10.2. The van der Waals surface area contributed by atoms with Crippen molar-refractivity contribution in [1.82, 2.24) is 0 Å². The molecule has 2 atom stereocenters. The third kappa shape index (κ3) is 22.6. The molecule has 0 rings (SSSR count). The van der Waals surface area contributed by atoms with Crippen LogP contribution >= 0.6 is 0 Å². The molecule has 76 valence electrons. The van der Waals surface area contributed by atoms with Crippen molar-refractivity contribution < 1.29 is 27.7 Å². The Morgan fingerprint density at radius 1 is 1.25 bits per heavy atom. The van der Waals surface area contributed by atoms with Gasteiger partial charge in [0.05, 0.1) is 12.2 Å². The van der Waals surface area contributed by atoms with Gasteiger partial charge in [0.15, 0.2) is 0 Å². The first-order valence-corrected chi connectivity index (χ1v) is 4.64. The summed E-state index contributed by atoms with van der Waals surface area (Å²) in [5.74, 6) is 0. The third-order valence-electron chi connectivity index (χ3n) is 0.975. The van der Waals surface area contributed by atoms with E-state index in [1.54, 1.807) is 6.92 Å². The molecule has 0 aromatic rings. The van der Waals surface area contributed by atoms with Crippen molar-refractivity contribution in [1.29, 1.82) is 0 Å². The quantitative estimate of drug-likeness (QED) is 0.448. The Hall–Kier alpha value is -0.210. The van der Waals surface area contributed by atoms with Gasteiger partial charge in [0, 0.05) is 0 Å². The lowest BCUT2D eigenvalue weighted by Crippen LogP contribution is -2.20. The standard InChI is InChI=1S/C5H12O2.H2O4S/c1-3-5(7)4(2)6;1-5(2,3)4/h4-7H,3H2,1-2H3;(H2,1,2,3,4). The fourth-order valence-corrected chi connectivity index (χ4v) is 0.341. The van der Waals surface area contributed by atoms with E-state index in [1.807, 2.05) is 6.92 Å². The van der Waals surface area contributed by atoms with Crippen molar-refractivity contribution >= 4 is 10.4 Å². The van der Waals surface area contributed by atoms with Crippen LogP contribution < -0.4 is 0 Å². The van der Waals surface area contributed by atoms with Crippen LogP contribution in [0.1, 0.15) is 20.3 Å². The third-order valence-corrected chi connectivity index (χ3v) is 0.975. The monoisotopic (exact) mass is 202 g/mol.